The number of carbonyl (C=O) groups is 3. The number of ketones is 1. The summed E-state index contributed by atoms with van der Waals surface area (Å²) >= 11 is 0. The van der Waals surface area contributed by atoms with Gasteiger partial charge in [-0.1, -0.05) is 19.3 Å². The van der Waals surface area contributed by atoms with Gasteiger partial charge >= 0.3 is 11.9 Å². The van der Waals surface area contributed by atoms with Gasteiger partial charge in [-0.25, -0.2) is 0 Å². The molecule has 0 unspecified atom stereocenters. The SMILES string of the molecule is COC(=O)CCCCCCCC1=C[C@H](OC(C)=O)CC1=O. The molecule has 21 heavy (non-hydrogen) atoms. The molecule has 0 aliphatic heterocycles. The highest BCUT2D eigenvalue weighted by Gasteiger charge is 2.25. The lowest BCUT2D eigenvalue weighted by Crippen LogP contribution is -2.12. The summed E-state index contributed by atoms with van der Waals surface area (Å²) in [4.78, 5) is 33.5. The van der Waals surface area contributed by atoms with E-state index in [-0.39, 0.29) is 30.2 Å². The summed E-state index contributed by atoms with van der Waals surface area (Å²) in [6.45, 7) is 1.35. The Bertz CT molecular complexity index is 411. The number of rotatable bonds is 9. The van der Waals surface area contributed by atoms with Crippen LogP contribution in [0.4, 0.5) is 0 Å². The minimum atomic E-state index is -0.370. The zero-order valence-electron chi connectivity index (χ0n) is 12.9. The number of methoxy groups -OCH3 is 1. The van der Waals surface area contributed by atoms with Crippen LogP contribution in [0.25, 0.3) is 0 Å². The van der Waals surface area contributed by atoms with Crippen LogP contribution in [0.3, 0.4) is 0 Å². The van der Waals surface area contributed by atoms with Gasteiger partial charge in [0.2, 0.25) is 0 Å². The third kappa shape index (κ3) is 7.06. The van der Waals surface area contributed by atoms with Crippen molar-refractivity contribution < 1.29 is 23.9 Å². The van der Waals surface area contributed by atoms with Crippen LogP contribution in [0.1, 0.15) is 58.3 Å². The molecule has 0 saturated heterocycles. The van der Waals surface area contributed by atoms with Crippen LogP contribution in [-0.4, -0.2) is 30.9 Å². The molecule has 0 bridgehead atoms. The van der Waals surface area contributed by atoms with Gasteiger partial charge in [-0.2, -0.15) is 0 Å². The van der Waals surface area contributed by atoms with Crippen molar-refractivity contribution in [1.29, 1.82) is 0 Å². The highest BCUT2D eigenvalue weighted by molar-refractivity contribution is 5.98. The number of esters is 2. The number of carbonyl (C=O) groups excluding carboxylic acids is 3. The highest BCUT2D eigenvalue weighted by Crippen LogP contribution is 2.23. The topological polar surface area (TPSA) is 69.7 Å². The van der Waals surface area contributed by atoms with Crippen molar-refractivity contribution in [3.05, 3.63) is 11.6 Å². The standard InChI is InChI=1S/C16H24O5/c1-12(17)21-14-10-13(15(18)11-14)8-6-4-3-5-7-9-16(19)20-2/h10,14H,3-9,11H2,1-2H3/t14-/m0/s1. The largest absolute Gasteiger partial charge is 0.469 e. The third-order valence-electron chi connectivity index (χ3n) is 3.50. The number of ether oxygens (including phenoxy) is 2. The average Bonchev–Trinajstić information content (AvgIpc) is 2.76. The van der Waals surface area contributed by atoms with Crippen molar-refractivity contribution in [3.8, 4) is 0 Å². The van der Waals surface area contributed by atoms with E-state index in [0.717, 1.165) is 44.1 Å². The lowest BCUT2D eigenvalue weighted by Gasteiger charge is -2.05. The minimum absolute atomic E-state index is 0.0898. The number of allylic oxidation sites excluding steroid dienone is 1. The van der Waals surface area contributed by atoms with Gasteiger partial charge in [-0.3, -0.25) is 14.4 Å². The summed E-state index contributed by atoms with van der Waals surface area (Å²) in [5.74, 6) is -0.420. The van der Waals surface area contributed by atoms with Crippen molar-refractivity contribution in [2.75, 3.05) is 7.11 Å². The lowest BCUT2D eigenvalue weighted by molar-refractivity contribution is -0.144. The van der Waals surface area contributed by atoms with Gasteiger partial charge in [0.15, 0.2) is 5.78 Å². The maximum atomic E-state index is 11.7. The van der Waals surface area contributed by atoms with Gasteiger partial charge < -0.3 is 9.47 Å². The molecule has 1 aliphatic rings. The molecule has 0 aromatic rings. The first-order valence-corrected chi connectivity index (χ1v) is 7.51. The minimum Gasteiger partial charge on any atom is -0.469 e. The zero-order valence-corrected chi connectivity index (χ0v) is 12.9. The Balaban J connectivity index is 2.11. The van der Waals surface area contributed by atoms with E-state index in [1.54, 1.807) is 6.08 Å². The first-order chi connectivity index (χ1) is 10.0. The van der Waals surface area contributed by atoms with Crippen molar-refractivity contribution in [3.63, 3.8) is 0 Å². The molecular formula is C16H24O5. The first kappa shape index (κ1) is 17.4. The summed E-state index contributed by atoms with van der Waals surface area (Å²) in [6, 6.07) is 0. The van der Waals surface area contributed by atoms with E-state index in [0.29, 0.717) is 6.42 Å². The smallest absolute Gasteiger partial charge is 0.305 e. The molecule has 0 spiro atoms. The number of Topliss-reactive ketones (excluding diaryl/α,β-unsaturated/α-hetero) is 1. The van der Waals surface area contributed by atoms with Gasteiger partial charge in [-0.05, 0) is 30.9 Å². The second-order valence-corrected chi connectivity index (χ2v) is 5.31. The van der Waals surface area contributed by atoms with Gasteiger partial charge in [0.1, 0.15) is 6.10 Å². The molecule has 0 aromatic heterocycles. The lowest BCUT2D eigenvalue weighted by atomic mass is 10.0. The average molecular weight is 296 g/mol. The van der Waals surface area contributed by atoms with E-state index < -0.39 is 0 Å². The van der Waals surface area contributed by atoms with E-state index in [9.17, 15) is 14.4 Å². The highest BCUT2D eigenvalue weighted by atomic mass is 16.5. The second kappa shape index (κ2) is 9.32. The van der Waals surface area contributed by atoms with E-state index in [4.69, 9.17) is 4.74 Å². The molecule has 0 aromatic carbocycles. The molecule has 0 saturated carbocycles. The van der Waals surface area contributed by atoms with Gasteiger partial charge in [0.25, 0.3) is 0 Å². The van der Waals surface area contributed by atoms with Gasteiger partial charge in [0.05, 0.1) is 13.5 Å². The fraction of sp³-hybridized carbons (Fsp3) is 0.688. The molecule has 5 heteroatoms. The predicted molar refractivity (Wildman–Crippen MR) is 77.6 cm³/mol. The molecule has 0 radical (unpaired) electrons. The van der Waals surface area contributed by atoms with Crippen LogP contribution in [0, 0.1) is 0 Å². The molecular weight excluding hydrogens is 272 g/mol. The quantitative estimate of drug-likeness (QED) is 0.483. The summed E-state index contributed by atoms with van der Waals surface area (Å²) < 4.78 is 9.60. The van der Waals surface area contributed by atoms with Gasteiger partial charge in [-0.15, -0.1) is 0 Å². The molecule has 1 atom stereocenters. The molecule has 0 heterocycles. The monoisotopic (exact) mass is 296 g/mol. The van der Waals surface area contributed by atoms with Gasteiger partial charge in [0, 0.05) is 13.3 Å². The number of hydrogen-bond acceptors (Lipinski definition) is 5. The second-order valence-electron chi connectivity index (χ2n) is 5.31. The van der Waals surface area contributed by atoms with Crippen LogP contribution >= 0.6 is 0 Å². The van der Waals surface area contributed by atoms with Crippen LogP contribution < -0.4 is 0 Å². The Labute approximate surface area is 125 Å². The molecule has 0 amide bonds. The Kier molecular flexibility index (Phi) is 7.72. The normalized spacial score (nSPS) is 17.5. The Morgan fingerprint density at radius 1 is 1.19 bits per heavy atom. The Morgan fingerprint density at radius 3 is 2.52 bits per heavy atom. The van der Waals surface area contributed by atoms with E-state index in [2.05, 4.69) is 4.74 Å². The predicted octanol–water partition coefficient (Wildman–Crippen LogP) is 2.72. The zero-order chi connectivity index (χ0) is 15.7. The first-order valence-electron chi connectivity index (χ1n) is 7.51. The molecule has 0 fully saturated rings. The summed E-state index contributed by atoms with van der Waals surface area (Å²) in [5, 5.41) is 0. The van der Waals surface area contributed by atoms with Crippen molar-refractivity contribution in [2.45, 2.75) is 64.4 Å². The molecule has 0 N–H and O–H groups in total. The van der Waals surface area contributed by atoms with Crippen LogP contribution in [0.15, 0.2) is 11.6 Å². The summed E-state index contributed by atoms with van der Waals surface area (Å²) in [6.07, 6.45) is 7.79. The van der Waals surface area contributed by atoms with E-state index in [1.807, 2.05) is 0 Å². The van der Waals surface area contributed by atoms with Crippen molar-refractivity contribution in [1.82, 2.24) is 0 Å². The van der Waals surface area contributed by atoms with Crippen LogP contribution in [0.2, 0.25) is 0 Å². The molecule has 5 nitrogen and oxygen atoms in total. The molecule has 1 aliphatic carbocycles. The van der Waals surface area contributed by atoms with E-state index in [1.165, 1.54) is 14.0 Å². The molecule has 118 valence electrons. The molecule has 1 rings (SSSR count). The van der Waals surface area contributed by atoms with Crippen molar-refractivity contribution >= 4 is 17.7 Å². The fourth-order valence-corrected chi connectivity index (χ4v) is 2.42. The summed E-state index contributed by atoms with van der Waals surface area (Å²) in [7, 11) is 1.40. The maximum absolute atomic E-state index is 11.7. The maximum Gasteiger partial charge on any atom is 0.305 e. The summed E-state index contributed by atoms with van der Waals surface area (Å²) in [5.41, 5.74) is 0.788. The third-order valence-corrected chi connectivity index (χ3v) is 3.50. The number of hydrogen-bond donors (Lipinski definition) is 0. The van der Waals surface area contributed by atoms with Crippen LogP contribution in [0.5, 0.6) is 0 Å². The van der Waals surface area contributed by atoms with Crippen molar-refractivity contribution in [2.24, 2.45) is 0 Å². The van der Waals surface area contributed by atoms with Crippen LogP contribution in [-0.2, 0) is 23.9 Å². The Hall–Kier alpha value is -1.65. The number of unbranched alkanes of at least 4 members (excludes halogenated alkanes) is 4. The Morgan fingerprint density at radius 2 is 1.86 bits per heavy atom. The van der Waals surface area contributed by atoms with E-state index >= 15 is 0 Å². The fourth-order valence-electron chi connectivity index (χ4n) is 2.42.